The molecule has 0 radical (unpaired) electrons. The summed E-state index contributed by atoms with van der Waals surface area (Å²) in [7, 11) is 0. The number of alkyl carbamates (subject to hydrolysis) is 1. The van der Waals surface area contributed by atoms with Crippen molar-refractivity contribution in [3.05, 3.63) is 35.9 Å². The molecule has 0 bridgehead atoms. The Morgan fingerprint density at radius 1 is 1.00 bits per heavy atom. The van der Waals surface area contributed by atoms with Crippen LogP contribution in [0.25, 0.3) is 0 Å². The summed E-state index contributed by atoms with van der Waals surface area (Å²) in [5.74, 6) is -0.0548. The van der Waals surface area contributed by atoms with Crippen molar-refractivity contribution in [2.45, 2.75) is 52.1 Å². The molecule has 23 heavy (non-hydrogen) atoms. The molecule has 0 heterocycles. The second-order valence-corrected chi connectivity index (χ2v) is 6.47. The Labute approximate surface area is 138 Å². The average molecular weight is 320 g/mol. The number of unbranched alkanes of at least 4 members (excludes halogenated alkanes) is 1. The summed E-state index contributed by atoms with van der Waals surface area (Å²) in [6.07, 6.45) is 2.78. The number of nitrogens with one attached hydrogen (secondary N) is 2. The minimum Gasteiger partial charge on any atom is -0.444 e. The number of aryl methyl sites for hydroxylation is 1. The summed E-state index contributed by atoms with van der Waals surface area (Å²) in [5.41, 5.74) is 0.797. The number of carbonyl (C=O) groups is 2. The van der Waals surface area contributed by atoms with Crippen LogP contribution in [0.3, 0.4) is 0 Å². The Kier molecular flexibility index (Phi) is 8.16. The van der Waals surface area contributed by atoms with Gasteiger partial charge in [0.2, 0.25) is 5.91 Å². The van der Waals surface area contributed by atoms with E-state index in [0.717, 1.165) is 19.3 Å². The molecule has 5 heteroatoms. The van der Waals surface area contributed by atoms with E-state index in [-0.39, 0.29) is 18.9 Å². The van der Waals surface area contributed by atoms with E-state index in [1.54, 1.807) is 20.8 Å². The van der Waals surface area contributed by atoms with Gasteiger partial charge in [-0.15, -0.1) is 0 Å². The van der Waals surface area contributed by atoms with Crippen LogP contribution in [-0.2, 0) is 16.0 Å². The first-order valence-corrected chi connectivity index (χ1v) is 8.14. The predicted octanol–water partition coefficient (Wildman–Crippen LogP) is 3.04. The molecule has 0 saturated carbocycles. The lowest BCUT2D eigenvalue weighted by Crippen LogP contribution is -2.35. The predicted molar refractivity (Wildman–Crippen MR) is 91.2 cm³/mol. The van der Waals surface area contributed by atoms with Gasteiger partial charge >= 0.3 is 6.09 Å². The van der Waals surface area contributed by atoms with Gasteiger partial charge in [-0.05, 0) is 45.6 Å². The molecule has 0 aromatic heterocycles. The Morgan fingerprint density at radius 3 is 2.35 bits per heavy atom. The van der Waals surface area contributed by atoms with Gasteiger partial charge in [-0.3, -0.25) is 4.79 Å². The number of ether oxygens (including phenoxy) is 1. The smallest absolute Gasteiger partial charge is 0.407 e. The largest absolute Gasteiger partial charge is 0.444 e. The van der Waals surface area contributed by atoms with E-state index >= 15 is 0 Å². The maximum Gasteiger partial charge on any atom is 0.407 e. The van der Waals surface area contributed by atoms with Crippen LogP contribution >= 0.6 is 0 Å². The van der Waals surface area contributed by atoms with E-state index in [2.05, 4.69) is 22.8 Å². The normalized spacial score (nSPS) is 10.9. The first-order chi connectivity index (χ1) is 10.9. The monoisotopic (exact) mass is 320 g/mol. The van der Waals surface area contributed by atoms with Gasteiger partial charge in [-0.1, -0.05) is 30.3 Å². The van der Waals surface area contributed by atoms with Gasteiger partial charge in [0.1, 0.15) is 5.60 Å². The van der Waals surface area contributed by atoms with Crippen LogP contribution in [0.1, 0.15) is 45.6 Å². The fourth-order valence-electron chi connectivity index (χ4n) is 2.01. The molecule has 2 N–H and O–H groups in total. The minimum absolute atomic E-state index is 0.0548. The second kappa shape index (κ2) is 9.87. The van der Waals surface area contributed by atoms with Crippen molar-refractivity contribution in [3.8, 4) is 0 Å². The molecular weight excluding hydrogens is 292 g/mol. The summed E-state index contributed by atoms with van der Waals surface area (Å²) < 4.78 is 5.09. The van der Waals surface area contributed by atoms with Crippen molar-refractivity contribution < 1.29 is 14.3 Å². The zero-order valence-electron chi connectivity index (χ0n) is 14.4. The third-order valence-corrected chi connectivity index (χ3v) is 3.08. The standard InChI is InChI=1S/C18H28N2O3/c1-18(2,3)23-17(22)20-14-12-16(21)19-13-8-7-11-15-9-5-4-6-10-15/h4-6,9-10H,7-8,11-14H2,1-3H3,(H,19,21)(H,20,22). The Bertz CT molecular complexity index is 481. The third-order valence-electron chi connectivity index (χ3n) is 3.08. The molecule has 0 fully saturated rings. The van der Waals surface area contributed by atoms with Gasteiger partial charge < -0.3 is 15.4 Å². The average Bonchev–Trinajstić information content (AvgIpc) is 2.46. The number of benzene rings is 1. The van der Waals surface area contributed by atoms with Crippen molar-refractivity contribution in [2.24, 2.45) is 0 Å². The van der Waals surface area contributed by atoms with E-state index < -0.39 is 11.7 Å². The van der Waals surface area contributed by atoms with E-state index in [4.69, 9.17) is 4.74 Å². The summed E-state index contributed by atoms with van der Waals surface area (Å²) in [6, 6.07) is 10.3. The summed E-state index contributed by atoms with van der Waals surface area (Å²) in [6.45, 7) is 6.35. The number of carbonyl (C=O) groups excluding carboxylic acids is 2. The molecule has 1 aromatic rings. The highest BCUT2D eigenvalue weighted by molar-refractivity contribution is 5.76. The minimum atomic E-state index is -0.523. The molecule has 0 spiro atoms. The lowest BCUT2D eigenvalue weighted by Gasteiger charge is -2.19. The first-order valence-electron chi connectivity index (χ1n) is 8.14. The molecule has 0 saturated heterocycles. The molecule has 1 rings (SSSR count). The van der Waals surface area contributed by atoms with Crippen LogP contribution in [0.5, 0.6) is 0 Å². The highest BCUT2D eigenvalue weighted by Crippen LogP contribution is 2.06. The molecule has 0 unspecified atom stereocenters. The first kappa shape index (κ1) is 19.0. The number of rotatable bonds is 8. The zero-order valence-corrected chi connectivity index (χ0v) is 14.4. The van der Waals surface area contributed by atoms with E-state index in [1.807, 2.05) is 18.2 Å². The Balaban J connectivity index is 2.01. The van der Waals surface area contributed by atoms with Gasteiger partial charge in [0.25, 0.3) is 0 Å². The van der Waals surface area contributed by atoms with Crippen LogP contribution < -0.4 is 10.6 Å². The summed E-state index contributed by atoms with van der Waals surface area (Å²) in [5, 5.41) is 5.43. The van der Waals surface area contributed by atoms with Crippen LogP contribution in [0.15, 0.2) is 30.3 Å². The third kappa shape index (κ3) is 10.3. The number of hydrogen-bond donors (Lipinski definition) is 2. The van der Waals surface area contributed by atoms with E-state index in [0.29, 0.717) is 6.54 Å². The quantitative estimate of drug-likeness (QED) is 0.724. The van der Waals surface area contributed by atoms with Crippen LogP contribution in [0, 0.1) is 0 Å². The van der Waals surface area contributed by atoms with Crippen molar-refractivity contribution in [1.29, 1.82) is 0 Å². The van der Waals surface area contributed by atoms with Gasteiger partial charge in [0.15, 0.2) is 0 Å². The zero-order chi connectivity index (χ0) is 17.1. The van der Waals surface area contributed by atoms with Crippen LogP contribution in [0.4, 0.5) is 4.79 Å². The maximum absolute atomic E-state index is 11.6. The van der Waals surface area contributed by atoms with E-state index in [9.17, 15) is 9.59 Å². The molecule has 0 aliphatic rings. The fourth-order valence-corrected chi connectivity index (χ4v) is 2.01. The van der Waals surface area contributed by atoms with E-state index in [1.165, 1.54) is 5.56 Å². The lowest BCUT2D eigenvalue weighted by atomic mass is 10.1. The molecule has 0 atom stereocenters. The highest BCUT2D eigenvalue weighted by Gasteiger charge is 2.15. The van der Waals surface area contributed by atoms with Gasteiger partial charge in [0.05, 0.1) is 0 Å². The molecular formula is C18H28N2O3. The van der Waals surface area contributed by atoms with Crippen molar-refractivity contribution in [1.82, 2.24) is 10.6 Å². The molecule has 0 aliphatic heterocycles. The van der Waals surface area contributed by atoms with Crippen molar-refractivity contribution in [2.75, 3.05) is 13.1 Å². The number of hydrogen-bond acceptors (Lipinski definition) is 3. The van der Waals surface area contributed by atoms with Gasteiger partial charge in [-0.25, -0.2) is 4.79 Å². The molecule has 5 nitrogen and oxygen atoms in total. The lowest BCUT2D eigenvalue weighted by molar-refractivity contribution is -0.120. The number of amides is 2. The Hall–Kier alpha value is -2.04. The fraction of sp³-hybridized carbons (Fsp3) is 0.556. The molecule has 1 aromatic carbocycles. The van der Waals surface area contributed by atoms with Gasteiger partial charge in [-0.2, -0.15) is 0 Å². The summed E-state index contributed by atoms with van der Waals surface area (Å²) in [4.78, 5) is 23.0. The topological polar surface area (TPSA) is 67.4 Å². The SMILES string of the molecule is CC(C)(C)OC(=O)NCCC(=O)NCCCCc1ccccc1. The maximum atomic E-state index is 11.6. The molecule has 0 aliphatic carbocycles. The van der Waals surface area contributed by atoms with Crippen molar-refractivity contribution in [3.63, 3.8) is 0 Å². The summed E-state index contributed by atoms with van der Waals surface area (Å²) >= 11 is 0. The van der Waals surface area contributed by atoms with Crippen LogP contribution in [0.2, 0.25) is 0 Å². The van der Waals surface area contributed by atoms with Crippen molar-refractivity contribution >= 4 is 12.0 Å². The van der Waals surface area contributed by atoms with Gasteiger partial charge in [0, 0.05) is 19.5 Å². The Morgan fingerprint density at radius 2 is 1.70 bits per heavy atom. The molecule has 2 amide bonds. The second-order valence-electron chi connectivity index (χ2n) is 6.47. The molecule has 128 valence electrons. The van der Waals surface area contributed by atoms with Crippen LogP contribution in [-0.4, -0.2) is 30.7 Å². The highest BCUT2D eigenvalue weighted by atomic mass is 16.6.